The SMILES string of the molecule is C=C/C=C\C=C/N(C)/C(C=C)=C/C(=C\N(/C=C\C=C/C=C)c1ccccc1)C(/C=C)=C\C=C/N(c1ccccc1)c1ccc2sc3ccccc3c2c1. The third-order valence-corrected chi connectivity index (χ3v) is 9.41. The van der Waals surface area contributed by atoms with E-state index in [9.17, 15) is 0 Å². The highest BCUT2D eigenvalue weighted by Gasteiger charge is 2.11. The fraction of sp³-hybridized carbons (Fsp3) is 0.0204. The van der Waals surface area contributed by atoms with Crippen LogP contribution in [0.25, 0.3) is 20.2 Å². The molecule has 0 aliphatic heterocycles. The lowest BCUT2D eigenvalue weighted by atomic mass is 10.0. The first-order chi connectivity index (χ1) is 26.1. The van der Waals surface area contributed by atoms with Gasteiger partial charge in [0.1, 0.15) is 0 Å². The van der Waals surface area contributed by atoms with Gasteiger partial charge in [-0.15, -0.1) is 11.3 Å². The van der Waals surface area contributed by atoms with Gasteiger partial charge in [0.15, 0.2) is 0 Å². The van der Waals surface area contributed by atoms with Crippen LogP contribution in [0.15, 0.2) is 250 Å². The Labute approximate surface area is 319 Å². The minimum atomic E-state index is 0.905. The molecule has 0 atom stereocenters. The first-order valence-electron chi connectivity index (χ1n) is 17.4. The molecule has 0 amide bonds. The summed E-state index contributed by atoms with van der Waals surface area (Å²) >= 11 is 1.82. The Morgan fingerprint density at radius 3 is 1.87 bits per heavy atom. The summed E-state index contributed by atoms with van der Waals surface area (Å²) in [5, 5.41) is 2.52. The minimum Gasteiger partial charge on any atom is -0.351 e. The molecule has 1 aromatic heterocycles. The number of para-hydroxylation sites is 2. The Hall–Kier alpha value is -6.62. The number of hydrogen-bond donors (Lipinski definition) is 0. The largest absolute Gasteiger partial charge is 0.351 e. The number of hydrogen-bond acceptors (Lipinski definition) is 4. The molecule has 0 saturated carbocycles. The highest BCUT2D eigenvalue weighted by Crippen LogP contribution is 2.37. The zero-order chi connectivity index (χ0) is 37.3. The standard InChI is InChI=1S/C49H45N3S/c1-6-10-12-22-34-50(5)42(9-4)37-41(39-51(35-23-13-11-7-2)43-26-16-14-17-27-43)40(8-3)25-24-36-52(44-28-18-15-19-29-44)45-32-33-49-47(38-45)46-30-20-21-31-48(46)53-49/h6-39H,1-4H2,5H3/b12-10-,13-11-,34-22-,35-23-,36-24-,40-25-,41-39+,42-37+. The molecule has 0 fully saturated rings. The van der Waals surface area contributed by atoms with Gasteiger partial charge in [-0.25, -0.2) is 0 Å². The van der Waals surface area contributed by atoms with Crippen molar-refractivity contribution < 1.29 is 0 Å². The molecule has 1 heterocycles. The van der Waals surface area contributed by atoms with Crippen molar-refractivity contribution in [1.29, 1.82) is 0 Å². The maximum absolute atomic E-state index is 4.25. The number of anilines is 3. The molecule has 4 aromatic carbocycles. The van der Waals surface area contributed by atoms with E-state index >= 15 is 0 Å². The van der Waals surface area contributed by atoms with Crippen LogP contribution in [0.2, 0.25) is 0 Å². The van der Waals surface area contributed by atoms with Crippen molar-refractivity contribution in [2.24, 2.45) is 0 Å². The number of likely N-dealkylation sites (N-methyl/N-ethyl adjacent to an activating group) is 1. The molecule has 262 valence electrons. The number of fused-ring (bicyclic) bond motifs is 3. The summed E-state index contributed by atoms with van der Waals surface area (Å²) in [7, 11) is 2.00. The normalized spacial score (nSPS) is 12.9. The highest BCUT2D eigenvalue weighted by molar-refractivity contribution is 7.25. The number of rotatable bonds is 17. The molecule has 0 radical (unpaired) electrons. The molecule has 0 unspecified atom stereocenters. The topological polar surface area (TPSA) is 9.72 Å². The van der Waals surface area contributed by atoms with Crippen LogP contribution in [0.5, 0.6) is 0 Å². The average Bonchev–Trinajstić information content (AvgIpc) is 3.58. The van der Waals surface area contributed by atoms with Crippen LogP contribution >= 0.6 is 11.3 Å². The van der Waals surface area contributed by atoms with Gasteiger partial charge >= 0.3 is 0 Å². The Morgan fingerprint density at radius 2 is 1.19 bits per heavy atom. The highest BCUT2D eigenvalue weighted by atomic mass is 32.1. The summed E-state index contributed by atoms with van der Waals surface area (Å²) in [5.74, 6) is 0. The number of benzene rings is 4. The zero-order valence-corrected chi connectivity index (χ0v) is 31.0. The van der Waals surface area contributed by atoms with E-state index in [0.29, 0.717) is 0 Å². The molecule has 0 spiro atoms. The van der Waals surface area contributed by atoms with Gasteiger partial charge < -0.3 is 14.7 Å². The second-order valence-corrected chi connectivity index (χ2v) is 12.9. The molecule has 4 heteroatoms. The monoisotopic (exact) mass is 707 g/mol. The lowest BCUT2D eigenvalue weighted by molar-refractivity contribution is 0.588. The van der Waals surface area contributed by atoms with Crippen LogP contribution in [-0.4, -0.2) is 11.9 Å². The van der Waals surface area contributed by atoms with E-state index in [1.54, 1.807) is 12.2 Å². The van der Waals surface area contributed by atoms with Gasteiger partial charge in [-0.05, 0) is 84.5 Å². The van der Waals surface area contributed by atoms with Crippen LogP contribution in [0, 0.1) is 0 Å². The van der Waals surface area contributed by atoms with Gasteiger partial charge in [-0.1, -0.05) is 130 Å². The fourth-order valence-corrected chi connectivity index (χ4v) is 6.68. The second-order valence-electron chi connectivity index (χ2n) is 11.8. The maximum atomic E-state index is 4.25. The Balaban J connectivity index is 1.62. The maximum Gasteiger partial charge on any atom is 0.0462 e. The molecule has 3 nitrogen and oxygen atoms in total. The van der Waals surface area contributed by atoms with E-state index in [1.807, 2.05) is 109 Å². The Morgan fingerprint density at radius 1 is 0.547 bits per heavy atom. The van der Waals surface area contributed by atoms with Crippen LogP contribution in [0.1, 0.15) is 0 Å². The van der Waals surface area contributed by atoms with Crippen molar-refractivity contribution in [3.8, 4) is 0 Å². The quantitative estimate of drug-likeness (QED) is 0.0891. The smallest absolute Gasteiger partial charge is 0.0462 e. The molecular formula is C49H45N3S. The molecule has 0 bridgehead atoms. The molecule has 5 aromatic rings. The van der Waals surface area contributed by atoms with Gasteiger partial charge in [-0.2, -0.15) is 0 Å². The van der Waals surface area contributed by atoms with Crippen molar-refractivity contribution >= 4 is 48.6 Å². The van der Waals surface area contributed by atoms with Crippen molar-refractivity contribution in [1.82, 2.24) is 4.90 Å². The molecule has 0 aliphatic rings. The van der Waals surface area contributed by atoms with Gasteiger partial charge in [0, 0.05) is 80.4 Å². The summed E-state index contributed by atoms with van der Waals surface area (Å²) < 4.78 is 2.56. The van der Waals surface area contributed by atoms with Crippen molar-refractivity contribution in [3.63, 3.8) is 0 Å². The van der Waals surface area contributed by atoms with Gasteiger partial charge in [0.25, 0.3) is 0 Å². The Bertz CT molecular complexity index is 2270. The third-order valence-electron chi connectivity index (χ3n) is 8.26. The van der Waals surface area contributed by atoms with Crippen molar-refractivity contribution in [2.75, 3.05) is 16.8 Å². The van der Waals surface area contributed by atoms with Gasteiger partial charge in [0.2, 0.25) is 0 Å². The molecule has 5 rings (SSSR count). The minimum absolute atomic E-state index is 0.905. The van der Waals surface area contributed by atoms with Crippen LogP contribution in [0.4, 0.5) is 17.1 Å². The average molecular weight is 708 g/mol. The second kappa shape index (κ2) is 19.7. The molecular weight excluding hydrogens is 663 g/mol. The Kier molecular flexibility index (Phi) is 14.0. The van der Waals surface area contributed by atoms with Crippen molar-refractivity contribution in [2.45, 2.75) is 0 Å². The lowest BCUT2D eigenvalue weighted by Crippen LogP contribution is -2.11. The lowest BCUT2D eigenvalue weighted by Gasteiger charge is -2.21. The summed E-state index contributed by atoms with van der Waals surface area (Å²) in [6, 6.07) is 36.0. The summed E-state index contributed by atoms with van der Waals surface area (Å²) in [6.07, 6.45) is 33.4. The number of thiophene rings is 1. The predicted octanol–water partition coefficient (Wildman–Crippen LogP) is 13.7. The van der Waals surface area contributed by atoms with Gasteiger partial charge in [0.05, 0.1) is 0 Å². The summed E-state index contributed by atoms with van der Waals surface area (Å²) in [4.78, 5) is 6.35. The van der Waals surface area contributed by atoms with Crippen molar-refractivity contribution in [3.05, 3.63) is 250 Å². The third kappa shape index (κ3) is 10.2. The van der Waals surface area contributed by atoms with Crippen LogP contribution in [-0.2, 0) is 0 Å². The molecule has 0 N–H and O–H groups in total. The summed E-state index contributed by atoms with van der Waals surface area (Å²) in [5.41, 5.74) is 5.91. The van der Waals surface area contributed by atoms with Crippen LogP contribution < -0.4 is 9.80 Å². The summed E-state index contributed by atoms with van der Waals surface area (Å²) in [6.45, 7) is 16.0. The van der Waals surface area contributed by atoms with Gasteiger partial charge in [-0.3, -0.25) is 0 Å². The molecule has 0 saturated heterocycles. The predicted molar refractivity (Wildman–Crippen MR) is 235 cm³/mol. The first-order valence-corrected chi connectivity index (χ1v) is 18.2. The number of allylic oxidation sites excluding steroid dienone is 15. The van der Waals surface area contributed by atoms with E-state index in [1.165, 1.54) is 20.2 Å². The van der Waals surface area contributed by atoms with E-state index < -0.39 is 0 Å². The van der Waals surface area contributed by atoms with Crippen LogP contribution in [0.3, 0.4) is 0 Å². The molecule has 53 heavy (non-hydrogen) atoms. The fourth-order valence-electron chi connectivity index (χ4n) is 5.59. The zero-order valence-electron chi connectivity index (χ0n) is 30.2. The first kappa shape index (κ1) is 37.6. The van der Waals surface area contributed by atoms with E-state index in [0.717, 1.165) is 33.9 Å². The molecule has 0 aliphatic carbocycles. The van der Waals surface area contributed by atoms with E-state index in [4.69, 9.17) is 0 Å². The van der Waals surface area contributed by atoms with E-state index in [-0.39, 0.29) is 0 Å². The number of nitrogens with zero attached hydrogens (tertiary/aromatic N) is 3. The van der Waals surface area contributed by atoms with E-state index in [2.05, 4.69) is 146 Å².